The van der Waals surface area contributed by atoms with Crippen LogP contribution in [0.4, 0.5) is 15.8 Å². The topological polar surface area (TPSA) is 117 Å². The Balaban J connectivity index is 0.000000151. The van der Waals surface area contributed by atoms with Gasteiger partial charge in [0, 0.05) is 4.90 Å². The summed E-state index contributed by atoms with van der Waals surface area (Å²) in [6, 6.07) is 38.2. The largest absolute Gasteiger partial charge is 0.454 e. The average Bonchev–Trinajstić information content (AvgIpc) is 3.94. The molecule has 3 heterocycles. The maximum absolute atomic E-state index is 14.0. The van der Waals surface area contributed by atoms with E-state index in [9.17, 15) is 8.60 Å². The van der Waals surface area contributed by atoms with E-state index in [1.165, 1.54) is 18.0 Å². The molecular weight excluding hydrogens is 755 g/mol. The van der Waals surface area contributed by atoms with Gasteiger partial charge in [0.2, 0.25) is 6.79 Å². The molecule has 9 rings (SSSR count). The molecule has 264 valence electrons. The molecule has 0 bridgehead atoms. The van der Waals surface area contributed by atoms with Gasteiger partial charge in [-0.15, -0.1) is 0 Å². The highest BCUT2D eigenvalue weighted by molar-refractivity contribution is 8.00. The van der Waals surface area contributed by atoms with Gasteiger partial charge in [-0.25, -0.2) is 18.6 Å². The Bertz CT molecular complexity index is 2640. The van der Waals surface area contributed by atoms with Crippen molar-refractivity contribution in [3.8, 4) is 34.3 Å². The van der Waals surface area contributed by atoms with Gasteiger partial charge in [-0.3, -0.25) is 4.72 Å². The minimum Gasteiger partial charge on any atom is -0.454 e. The maximum Gasteiger partial charge on any atom is 0.231 e. The van der Waals surface area contributed by atoms with Crippen LogP contribution >= 0.6 is 35.1 Å². The smallest absolute Gasteiger partial charge is 0.231 e. The summed E-state index contributed by atoms with van der Waals surface area (Å²) in [5.41, 5.74) is 5.94. The number of rotatable bonds is 8. The predicted octanol–water partition coefficient (Wildman–Crippen LogP) is 10.9. The van der Waals surface area contributed by atoms with E-state index in [0.29, 0.717) is 43.0 Å². The van der Waals surface area contributed by atoms with E-state index in [4.69, 9.17) is 37.7 Å². The number of benzene rings is 6. The molecule has 6 aromatic carbocycles. The van der Waals surface area contributed by atoms with Crippen LogP contribution in [0.2, 0.25) is 10.0 Å². The van der Waals surface area contributed by atoms with Crippen molar-refractivity contribution in [2.45, 2.75) is 9.79 Å². The van der Waals surface area contributed by atoms with E-state index in [0.717, 1.165) is 44.5 Å². The first-order chi connectivity index (χ1) is 25.9. The third-order valence-corrected chi connectivity index (χ3v) is 10.7. The second-order valence-corrected chi connectivity index (χ2v) is 14.5. The molecule has 2 aromatic heterocycles. The molecule has 0 saturated carbocycles. The number of para-hydroxylation sites is 3. The number of aromatic amines is 2. The average molecular weight is 782 g/mol. The lowest BCUT2D eigenvalue weighted by Crippen LogP contribution is -2.04. The highest BCUT2D eigenvalue weighted by Crippen LogP contribution is 2.41. The monoisotopic (exact) mass is 780 g/mol. The minimum atomic E-state index is -1.50. The summed E-state index contributed by atoms with van der Waals surface area (Å²) >= 11 is 13.8. The van der Waals surface area contributed by atoms with Crippen LogP contribution in [0.3, 0.4) is 0 Å². The van der Waals surface area contributed by atoms with Crippen molar-refractivity contribution < 1.29 is 18.1 Å². The third kappa shape index (κ3) is 7.53. The molecule has 0 spiro atoms. The zero-order valence-electron chi connectivity index (χ0n) is 27.4. The zero-order chi connectivity index (χ0) is 36.3. The number of hydrogen-bond acceptors (Lipinski definition) is 7. The second kappa shape index (κ2) is 15.2. The van der Waals surface area contributed by atoms with Crippen LogP contribution in [0.1, 0.15) is 0 Å². The van der Waals surface area contributed by atoms with Crippen LogP contribution in [0.25, 0.3) is 44.8 Å². The number of imidazole rings is 2. The van der Waals surface area contributed by atoms with E-state index in [1.807, 2.05) is 60.7 Å². The summed E-state index contributed by atoms with van der Waals surface area (Å²) in [6.07, 6.45) is 0. The lowest BCUT2D eigenvalue weighted by Gasteiger charge is -2.07. The number of anilines is 2. The van der Waals surface area contributed by atoms with Gasteiger partial charge in [0.1, 0.15) is 28.5 Å². The van der Waals surface area contributed by atoms with Crippen LogP contribution in [0, 0.1) is 5.82 Å². The Hall–Kier alpha value is -5.53. The predicted molar refractivity (Wildman–Crippen MR) is 212 cm³/mol. The van der Waals surface area contributed by atoms with Gasteiger partial charge in [0.25, 0.3) is 0 Å². The number of nitrogens with zero attached hydrogens (tertiary/aromatic N) is 2. The van der Waals surface area contributed by atoms with Gasteiger partial charge in [-0.05, 0) is 96.9 Å². The van der Waals surface area contributed by atoms with Crippen molar-refractivity contribution in [3.63, 3.8) is 0 Å². The van der Waals surface area contributed by atoms with Crippen LogP contribution in [0.5, 0.6) is 11.5 Å². The molecule has 0 radical (unpaired) electrons. The van der Waals surface area contributed by atoms with Crippen LogP contribution in [0.15, 0.2) is 137 Å². The Morgan fingerprint density at radius 3 is 2.09 bits per heavy atom. The molecule has 1 unspecified atom stereocenters. The molecule has 0 saturated heterocycles. The van der Waals surface area contributed by atoms with E-state index in [-0.39, 0.29) is 12.6 Å². The summed E-state index contributed by atoms with van der Waals surface area (Å²) in [5.74, 6) is 2.31. The summed E-state index contributed by atoms with van der Waals surface area (Å²) in [6.45, 7) is 0.237. The number of aromatic nitrogens is 4. The normalized spacial score (nSPS) is 12.4. The Morgan fingerprint density at radius 2 is 1.34 bits per heavy atom. The second-order valence-electron chi connectivity index (χ2n) is 11.6. The van der Waals surface area contributed by atoms with Gasteiger partial charge < -0.3 is 24.2 Å². The quantitative estimate of drug-likeness (QED) is 0.113. The van der Waals surface area contributed by atoms with Gasteiger partial charge in [0.15, 0.2) is 11.5 Å². The van der Waals surface area contributed by atoms with Gasteiger partial charge >= 0.3 is 0 Å². The summed E-state index contributed by atoms with van der Waals surface area (Å²) in [4.78, 5) is 17.2. The standard InChI is InChI=1S/C20H14ClN3O2S.C19H13ClFN3OS/c21-14-5-1-2-6-15(14)24-27-12-8-9-16-17(10-12)23-20(22-16)13-4-3-7-18-19(13)26-11-25-18;20-14-6-2-4-8-16(14)24-26(25)12-9-10-17-18(11-12)23-19(22-17)13-5-1-3-7-15(13)21/h1-10,24H,11H2,(H,22,23);1-11,24H,(H,22,23). The van der Waals surface area contributed by atoms with E-state index in [1.54, 1.807) is 54.6 Å². The Morgan fingerprint density at radius 1 is 0.698 bits per heavy atom. The van der Waals surface area contributed by atoms with Crippen LogP contribution in [-0.2, 0) is 11.0 Å². The number of fused-ring (bicyclic) bond motifs is 3. The summed E-state index contributed by atoms with van der Waals surface area (Å²) in [5, 5.41) is 1.18. The molecule has 0 fully saturated rings. The van der Waals surface area contributed by atoms with Crippen molar-refractivity contribution in [1.82, 2.24) is 19.9 Å². The Kier molecular flexibility index (Phi) is 9.92. The first-order valence-corrected chi connectivity index (χ1v) is 18.9. The lowest BCUT2D eigenvalue weighted by molar-refractivity contribution is 0.174. The van der Waals surface area contributed by atoms with Gasteiger partial charge in [0.05, 0.1) is 59.5 Å². The van der Waals surface area contributed by atoms with E-state index >= 15 is 0 Å². The van der Waals surface area contributed by atoms with Crippen molar-refractivity contribution in [1.29, 1.82) is 0 Å². The summed E-state index contributed by atoms with van der Waals surface area (Å²) in [7, 11) is -1.50. The van der Waals surface area contributed by atoms with Crippen LogP contribution in [-0.4, -0.2) is 30.9 Å². The molecular formula is C39H27Cl2FN6O3S2. The number of nitrogens with one attached hydrogen (secondary N) is 4. The van der Waals surface area contributed by atoms with Crippen molar-refractivity contribution >= 4 is 79.6 Å². The number of H-pyrrole nitrogens is 2. The van der Waals surface area contributed by atoms with E-state index in [2.05, 4.69) is 30.5 Å². The molecule has 14 heteroatoms. The third-order valence-electron chi connectivity index (χ3n) is 8.13. The first-order valence-electron chi connectivity index (χ1n) is 16.1. The number of hydrogen-bond donors (Lipinski definition) is 4. The molecule has 1 atom stereocenters. The Labute approximate surface area is 319 Å². The van der Waals surface area contributed by atoms with Gasteiger partial charge in [-0.1, -0.05) is 65.7 Å². The fraction of sp³-hybridized carbons (Fsp3) is 0.0256. The highest BCUT2D eigenvalue weighted by Gasteiger charge is 2.20. The van der Waals surface area contributed by atoms with Crippen molar-refractivity contribution in [2.75, 3.05) is 16.2 Å². The van der Waals surface area contributed by atoms with Crippen molar-refractivity contribution in [2.24, 2.45) is 0 Å². The molecule has 1 aliphatic rings. The van der Waals surface area contributed by atoms with Crippen LogP contribution < -0.4 is 18.9 Å². The molecule has 1 aliphatic heterocycles. The van der Waals surface area contributed by atoms with E-state index < -0.39 is 11.0 Å². The zero-order valence-corrected chi connectivity index (χ0v) is 30.5. The molecule has 0 amide bonds. The van der Waals surface area contributed by atoms with Crippen molar-refractivity contribution in [3.05, 3.63) is 143 Å². The fourth-order valence-electron chi connectivity index (χ4n) is 5.54. The number of halogens is 3. The summed E-state index contributed by atoms with van der Waals surface area (Å²) < 4.78 is 43.8. The molecule has 53 heavy (non-hydrogen) atoms. The minimum absolute atomic E-state index is 0.237. The molecule has 8 aromatic rings. The first kappa shape index (κ1) is 34.6. The molecule has 9 nitrogen and oxygen atoms in total. The number of ether oxygens (including phenoxy) is 2. The lowest BCUT2D eigenvalue weighted by atomic mass is 10.2. The highest BCUT2D eigenvalue weighted by atomic mass is 35.5. The van der Waals surface area contributed by atoms with Gasteiger partial charge in [-0.2, -0.15) is 0 Å². The fourth-order valence-corrected chi connectivity index (χ4v) is 7.65. The molecule has 0 aliphatic carbocycles. The molecule has 4 N–H and O–H groups in total. The maximum atomic E-state index is 14.0. The SMILES string of the molecule is Clc1ccccc1NSc1ccc2nc(-c3cccc4c3OCO4)[nH]c2c1.O=S(Nc1ccccc1Cl)c1ccc2nc(-c3ccccc3F)[nH]c2c1.